The number of primary sulfonamides is 1. The van der Waals surface area contributed by atoms with Gasteiger partial charge < -0.3 is 5.32 Å². The van der Waals surface area contributed by atoms with Crippen LogP contribution in [0.2, 0.25) is 5.02 Å². The lowest BCUT2D eigenvalue weighted by atomic mass is 10.1. The number of anilines is 1. The van der Waals surface area contributed by atoms with Crippen molar-refractivity contribution in [2.24, 2.45) is 5.14 Å². The summed E-state index contributed by atoms with van der Waals surface area (Å²) < 4.78 is 23.2. The van der Waals surface area contributed by atoms with E-state index in [2.05, 4.69) is 21.2 Å². The second kappa shape index (κ2) is 6.36. The predicted molar refractivity (Wildman–Crippen MR) is 89.0 cm³/mol. The van der Waals surface area contributed by atoms with Crippen LogP contribution in [0.3, 0.4) is 0 Å². The summed E-state index contributed by atoms with van der Waals surface area (Å²) in [6, 6.07) is 12.0. The number of sulfonamides is 1. The van der Waals surface area contributed by atoms with Gasteiger partial charge in [-0.25, -0.2) is 13.6 Å². The fourth-order valence-electron chi connectivity index (χ4n) is 1.88. The van der Waals surface area contributed by atoms with Crippen LogP contribution in [0.15, 0.2) is 51.8 Å². The maximum atomic E-state index is 11.2. The third kappa shape index (κ3) is 3.97. The van der Waals surface area contributed by atoms with Gasteiger partial charge in [0.1, 0.15) is 0 Å². The van der Waals surface area contributed by atoms with E-state index in [0.717, 1.165) is 15.7 Å². The van der Waals surface area contributed by atoms with Crippen LogP contribution in [0.1, 0.15) is 18.5 Å². The largest absolute Gasteiger partial charge is 0.378 e. The molecule has 2 rings (SSSR count). The van der Waals surface area contributed by atoms with Crippen LogP contribution in [0.4, 0.5) is 5.69 Å². The van der Waals surface area contributed by atoms with Crippen molar-refractivity contribution in [2.75, 3.05) is 5.32 Å². The lowest BCUT2D eigenvalue weighted by molar-refractivity contribution is 0.597. The third-order valence-electron chi connectivity index (χ3n) is 3.03. The van der Waals surface area contributed by atoms with E-state index in [1.807, 2.05) is 19.1 Å². The first-order valence-corrected chi connectivity index (χ1v) is 8.84. The molecule has 0 saturated heterocycles. The minimum absolute atomic E-state index is 0.0192. The minimum atomic E-state index is -3.66. The van der Waals surface area contributed by atoms with Crippen molar-refractivity contribution in [3.63, 3.8) is 0 Å². The van der Waals surface area contributed by atoms with Gasteiger partial charge in [-0.05, 0) is 52.7 Å². The zero-order valence-corrected chi connectivity index (χ0v) is 14.3. The fraction of sp³-hybridized carbons (Fsp3) is 0.143. The summed E-state index contributed by atoms with van der Waals surface area (Å²) in [6.07, 6.45) is 0. The topological polar surface area (TPSA) is 72.2 Å². The number of nitrogens with one attached hydrogen (secondary N) is 1. The van der Waals surface area contributed by atoms with Crippen molar-refractivity contribution < 1.29 is 8.42 Å². The first-order chi connectivity index (χ1) is 9.79. The molecular weight excluding hydrogens is 376 g/mol. The number of nitrogens with two attached hydrogens (primary N) is 1. The molecule has 0 aliphatic carbocycles. The molecule has 1 atom stereocenters. The molecule has 3 N–H and O–H groups in total. The molecule has 0 spiro atoms. The average Bonchev–Trinajstić information content (AvgIpc) is 2.43. The molecule has 0 aromatic heterocycles. The molecule has 21 heavy (non-hydrogen) atoms. The molecule has 4 nitrogen and oxygen atoms in total. The molecular formula is C14H14BrClN2O2S. The number of halogens is 2. The monoisotopic (exact) mass is 388 g/mol. The van der Waals surface area contributed by atoms with Crippen molar-refractivity contribution in [3.8, 4) is 0 Å². The van der Waals surface area contributed by atoms with E-state index in [1.165, 1.54) is 12.1 Å². The molecule has 7 heteroatoms. The summed E-state index contributed by atoms with van der Waals surface area (Å²) in [7, 11) is -3.66. The molecule has 1 unspecified atom stereocenters. The van der Waals surface area contributed by atoms with E-state index in [1.54, 1.807) is 18.2 Å². The highest BCUT2D eigenvalue weighted by molar-refractivity contribution is 9.10. The summed E-state index contributed by atoms with van der Waals surface area (Å²) in [5.41, 5.74) is 1.81. The van der Waals surface area contributed by atoms with Crippen molar-refractivity contribution in [3.05, 3.63) is 57.5 Å². The van der Waals surface area contributed by atoms with Gasteiger partial charge in [-0.15, -0.1) is 0 Å². The van der Waals surface area contributed by atoms with E-state index >= 15 is 0 Å². The van der Waals surface area contributed by atoms with Crippen LogP contribution in [-0.4, -0.2) is 8.42 Å². The van der Waals surface area contributed by atoms with Crippen LogP contribution < -0.4 is 10.5 Å². The van der Waals surface area contributed by atoms with Gasteiger partial charge in [0.2, 0.25) is 10.0 Å². The first-order valence-electron chi connectivity index (χ1n) is 6.12. The molecule has 0 fully saturated rings. The second-order valence-electron chi connectivity index (χ2n) is 4.58. The number of benzene rings is 2. The van der Waals surface area contributed by atoms with E-state index in [9.17, 15) is 8.42 Å². The standard InChI is InChI=1S/C14H14BrClN2O2S/c1-9(18-13-4-2-3-12(16)14(13)15)10-5-7-11(8-6-10)21(17,19)20/h2-9,18H,1H3,(H2,17,19,20). The number of rotatable bonds is 4. The van der Waals surface area contributed by atoms with Crippen molar-refractivity contribution in [2.45, 2.75) is 17.9 Å². The van der Waals surface area contributed by atoms with Crippen LogP contribution in [-0.2, 0) is 10.0 Å². The minimum Gasteiger partial charge on any atom is -0.378 e. The van der Waals surface area contributed by atoms with Crippen molar-refractivity contribution in [1.82, 2.24) is 0 Å². The number of hydrogen-bond donors (Lipinski definition) is 2. The van der Waals surface area contributed by atoms with Gasteiger partial charge in [0.25, 0.3) is 0 Å². The quantitative estimate of drug-likeness (QED) is 0.832. The SMILES string of the molecule is CC(Nc1cccc(Cl)c1Br)c1ccc(S(N)(=O)=O)cc1. The second-order valence-corrected chi connectivity index (χ2v) is 7.34. The van der Waals surface area contributed by atoms with Gasteiger partial charge in [-0.2, -0.15) is 0 Å². The smallest absolute Gasteiger partial charge is 0.238 e. The fourth-order valence-corrected chi connectivity index (χ4v) is 2.95. The highest BCUT2D eigenvalue weighted by Gasteiger charge is 2.11. The summed E-state index contributed by atoms with van der Waals surface area (Å²) in [4.78, 5) is 0.0994. The van der Waals surface area contributed by atoms with Gasteiger partial charge in [0.05, 0.1) is 20.1 Å². The first kappa shape index (κ1) is 16.3. The Morgan fingerprint density at radius 2 is 1.81 bits per heavy atom. The van der Waals surface area contributed by atoms with E-state index in [4.69, 9.17) is 16.7 Å². The Bertz CT molecular complexity index is 748. The molecule has 2 aromatic carbocycles. The van der Waals surface area contributed by atoms with Crippen LogP contribution in [0, 0.1) is 0 Å². The predicted octanol–water partition coefficient (Wildman–Crippen LogP) is 3.92. The Kier molecular flexibility index (Phi) is 4.93. The molecule has 0 saturated carbocycles. The molecule has 0 aliphatic heterocycles. The zero-order valence-electron chi connectivity index (χ0n) is 11.2. The molecule has 0 bridgehead atoms. The van der Waals surface area contributed by atoms with Crippen molar-refractivity contribution in [1.29, 1.82) is 0 Å². The van der Waals surface area contributed by atoms with E-state index in [-0.39, 0.29) is 10.9 Å². The summed E-state index contributed by atoms with van der Waals surface area (Å²) >= 11 is 9.48. The maximum absolute atomic E-state index is 11.2. The van der Waals surface area contributed by atoms with Crippen molar-refractivity contribution >= 4 is 43.2 Å². The lowest BCUT2D eigenvalue weighted by Gasteiger charge is -2.17. The molecule has 2 aromatic rings. The summed E-state index contributed by atoms with van der Waals surface area (Å²) in [5, 5.41) is 9.01. The number of hydrogen-bond acceptors (Lipinski definition) is 3. The molecule has 0 aliphatic rings. The van der Waals surface area contributed by atoms with Gasteiger partial charge in [0, 0.05) is 6.04 Å². The van der Waals surface area contributed by atoms with E-state index < -0.39 is 10.0 Å². The van der Waals surface area contributed by atoms with E-state index in [0.29, 0.717) is 5.02 Å². The Balaban J connectivity index is 2.21. The zero-order chi connectivity index (χ0) is 15.6. The Morgan fingerprint density at radius 3 is 2.38 bits per heavy atom. The maximum Gasteiger partial charge on any atom is 0.238 e. The molecule has 0 radical (unpaired) electrons. The normalized spacial score (nSPS) is 13.0. The van der Waals surface area contributed by atoms with Gasteiger partial charge in [-0.1, -0.05) is 29.8 Å². The summed E-state index contributed by atoms with van der Waals surface area (Å²) in [6.45, 7) is 1.97. The van der Waals surface area contributed by atoms with Crippen LogP contribution >= 0.6 is 27.5 Å². The molecule has 0 heterocycles. The third-order valence-corrected chi connectivity index (χ3v) is 5.36. The summed E-state index contributed by atoms with van der Waals surface area (Å²) in [5.74, 6) is 0. The average molecular weight is 390 g/mol. The lowest BCUT2D eigenvalue weighted by Crippen LogP contribution is -2.12. The highest BCUT2D eigenvalue weighted by Crippen LogP contribution is 2.32. The van der Waals surface area contributed by atoms with Gasteiger partial charge in [-0.3, -0.25) is 0 Å². The van der Waals surface area contributed by atoms with Gasteiger partial charge in [0.15, 0.2) is 0 Å². The van der Waals surface area contributed by atoms with Gasteiger partial charge >= 0.3 is 0 Å². The highest BCUT2D eigenvalue weighted by atomic mass is 79.9. The molecule has 0 amide bonds. The Labute approximate surface area is 137 Å². The Hall–Kier alpha value is -1.08. The van der Waals surface area contributed by atoms with Crippen LogP contribution in [0.5, 0.6) is 0 Å². The molecule has 112 valence electrons. The Morgan fingerprint density at radius 1 is 1.19 bits per heavy atom. The van der Waals surface area contributed by atoms with Crippen LogP contribution in [0.25, 0.3) is 0 Å².